The number of hydrogen-bond donors (Lipinski definition) is 1. The molecule has 2 aromatic carbocycles. The number of hydrogen-bond acceptors (Lipinski definition) is 3. The molecule has 0 radical (unpaired) electrons. The van der Waals surface area contributed by atoms with E-state index >= 15 is 0 Å². The van der Waals surface area contributed by atoms with Crippen molar-refractivity contribution in [3.63, 3.8) is 0 Å². The molecule has 1 aliphatic heterocycles. The van der Waals surface area contributed by atoms with Crippen LogP contribution in [0.25, 0.3) is 0 Å². The molecular formula is C24H28ClN3O2S. The van der Waals surface area contributed by atoms with E-state index in [0.717, 1.165) is 19.3 Å². The summed E-state index contributed by atoms with van der Waals surface area (Å²) in [6, 6.07) is 15.7. The zero-order valence-corrected chi connectivity index (χ0v) is 19.3. The predicted octanol–water partition coefficient (Wildman–Crippen LogP) is 5.64. The number of amides is 2. The van der Waals surface area contributed by atoms with Crippen molar-refractivity contribution < 1.29 is 9.59 Å². The molecular weight excluding hydrogens is 430 g/mol. The van der Waals surface area contributed by atoms with E-state index in [2.05, 4.69) is 12.2 Å². The summed E-state index contributed by atoms with van der Waals surface area (Å²) in [4.78, 5) is 29.5. The van der Waals surface area contributed by atoms with E-state index in [9.17, 15) is 9.59 Å². The molecule has 0 spiro atoms. The van der Waals surface area contributed by atoms with E-state index in [1.165, 1.54) is 17.7 Å². The summed E-state index contributed by atoms with van der Waals surface area (Å²) in [6.45, 7) is 2.83. The number of anilines is 2. The molecule has 3 rings (SSSR count). The molecule has 2 amide bonds. The van der Waals surface area contributed by atoms with Crippen LogP contribution < -0.4 is 10.2 Å². The molecule has 31 heavy (non-hydrogen) atoms. The number of thiocarbonyl (C=S) groups is 1. The van der Waals surface area contributed by atoms with Gasteiger partial charge in [0.2, 0.25) is 5.91 Å². The highest BCUT2D eigenvalue weighted by Crippen LogP contribution is 2.29. The number of rotatable bonds is 10. The SMILES string of the molecule is CCCCCCCN1C(=S)N(c2ccc(Cl)cc2)C(=O)C1CC(=O)Nc1ccccc1. The average Bonchev–Trinajstić information content (AvgIpc) is 2.99. The number of nitrogens with zero attached hydrogens (tertiary/aromatic N) is 2. The summed E-state index contributed by atoms with van der Waals surface area (Å²) >= 11 is 11.7. The molecule has 1 atom stereocenters. The maximum Gasteiger partial charge on any atom is 0.256 e. The number of carbonyl (C=O) groups is 2. The van der Waals surface area contributed by atoms with E-state index < -0.39 is 6.04 Å². The van der Waals surface area contributed by atoms with E-state index in [0.29, 0.717) is 28.1 Å². The Balaban J connectivity index is 1.74. The summed E-state index contributed by atoms with van der Waals surface area (Å²) in [5.74, 6) is -0.384. The number of para-hydroxylation sites is 1. The average molecular weight is 458 g/mol. The third-order valence-electron chi connectivity index (χ3n) is 5.34. The van der Waals surface area contributed by atoms with E-state index in [4.69, 9.17) is 23.8 Å². The smallest absolute Gasteiger partial charge is 0.256 e. The minimum atomic E-state index is -0.613. The van der Waals surface area contributed by atoms with Gasteiger partial charge in [-0.1, -0.05) is 62.4 Å². The van der Waals surface area contributed by atoms with Gasteiger partial charge in [-0.15, -0.1) is 0 Å². The molecule has 1 heterocycles. The molecule has 0 aromatic heterocycles. The lowest BCUT2D eigenvalue weighted by molar-refractivity contribution is -0.124. The third-order valence-corrected chi connectivity index (χ3v) is 6.01. The van der Waals surface area contributed by atoms with Crippen LogP contribution >= 0.6 is 23.8 Å². The Bertz CT molecular complexity index is 905. The van der Waals surface area contributed by atoms with Crippen molar-refractivity contribution >= 4 is 52.1 Å². The van der Waals surface area contributed by atoms with Crippen LogP contribution in [0.3, 0.4) is 0 Å². The van der Waals surface area contributed by atoms with E-state index in [1.807, 2.05) is 35.2 Å². The Labute approximate surface area is 194 Å². The van der Waals surface area contributed by atoms with E-state index in [1.54, 1.807) is 24.3 Å². The molecule has 0 saturated carbocycles. The number of unbranched alkanes of at least 4 members (excludes halogenated alkanes) is 4. The standard InChI is InChI=1S/C24H28ClN3O2S/c1-2-3-4-5-9-16-27-21(17-22(29)26-19-10-7-6-8-11-19)23(30)28(24(27)31)20-14-12-18(25)13-15-20/h6-8,10-15,21H,2-5,9,16-17H2,1H3,(H,26,29). The fourth-order valence-electron chi connectivity index (χ4n) is 3.71. The Morgan fingerprint density at radius 3 is 2.39 bits per heavy atom. The topological polar surface area (TPSA) is 52.7 Å². The van der Waals surface area contributed by atoms with Crippen molar-refractivity contribution in [2.24, 2.45) is 0 Å². The van der Waals surface area contributed by atoms with Gasteiger partial charge in [-0.2, -0.15) is 0 Å². The van der Waals surface area contributed by atoms with Crippen LogP contribution in [0.2, 0.25) is 5.02 Å². The first-order chi connectivity index (χ1) is 15.0. The normalized spacial score (nSPS) is 16.1. The van der Waals surface area contributed by atoms with Gasteiger partial charge in [0.05, 0.1) is 12.1 Å². The van der Waals surface area contributed by atoms with Crippen molar-refractivity contribution in [3.8, 4) is 0 Å². The maximum atomic E-state index is 13.3. The van der Waals surface area contributed by atoms with Gasteiger partial charge in [0, 0.05) is 17.3 Å². The van der Waals surface area contributed by atoms with Crippen molar-refractivity contribution in [1.29, 1.82) is 0 Å². The second-order valence-electron chi connectivity index (χ2n) is 7.67. The maximum absolute atomic E-state index is 13.3. The zero-order valence-electron chi connectivity index (χ0n) is 17.7. The third kappa shape index (κ3) is 6.05. The van der Waals surface area contributed by atoms with Gasteiger partial charge in [0.15, 0.2) is 5.11 Å². The lowest BCUT2D eigenvalue weighted by Crippen LogP contribution is -2.38. The second-order valence-corrected chi connectivity index (χ2v) is 8.48. The first-order valence-electron chi connectivity index (χ1n) is 10.8. The lowest BCUT2D eigenvalue weighted by Gasteiger charge is -2.24. The molecule has 2 aromatic rings. The Hall–Kier alpha value is -2.44. The monoisotopic (exact) mass is 457 g/mol. The minimum Gasteiger partial charge on any atom is -0.336 e. The van der Waals surface area contributed by atoms with Gasteiger partial charge < -0.3 is 10.2 Å². The highest BCUT2D eigenvalue weighted by atomic mass is 35.5. The summed E-state index contributed by atoms with van der Waals surface area (Å²) < 4.78 is 0. The van der Waals surface area contributed by atoms with Gasteiger partial charge in [-0.3, -0.25) is 14.5 Å². The van der Waals surface area contributed by atoms with Crippen LogP contribution in [0, 0.1) is 0 Å². The Morgan fingerprint density at radius 1 is 1.03 bits per heavy atom. The molecule has 1 aliphatic rings. The summed E-state index contributed by atoms with van der Waals surface area (Å²) in [6.07, 6.45) is 5.58. The number of carbonyl (C=O) groups excluding carboxylic acids is 2. The first-order valence-corrected chi connectivity index (χ1v) is 11.5. The van der Waals surface area contributed by atoms with Crippen LogP contribution in [0.5, 0.6) is 0 Å². The van der Waals surface area contributed by atoms with Crippen LogP contribution in [0.1, 0.15) is 45.4 Å². The highest BCUT2D eigenvalue weighted by molar-refractivity contribution is 7.80. The zero-order chi connectivity index (χ0) is 22.2. The van der Waals surface area contributed by atoms with Crippen molar-refractivity contribution in [3.05, 3.63) is 59.6 Å². The molecule has 1 unspecified atom stereocenters. The first kappa shape index (κ1) is 23.2. The number of halogens is 1. The van der Waals surface area contributed by atoms with Gasteiger partial charge in [-0.25, -0.2) is 0 Å². The summed E-state index contributed by atoms with van der Waals surface area (Å²) in [5.41, 5.74) is 1.38. The predicted molar refractivity (Wildman–Crippen MR) is 130 cm³/mol. The van der Waals surface area contributed by atoms with Gasteiger partial charge in [-0.05, 0) is 55.0 Å². The molecule has 0 aliphatic carbocycles. The van der Waals surface area contributed by atoms with Gasteiger partial charge >= 0.3 is 0 Å². The van der Waals surface area contributed by atoms with Crippen molar-refractivity contribution in [1.82, 2.24) is 4.90 Å². The Morgan fingerprint density at radius 2 is 1.71 bits per heavy atom. The lowest BCUT2D eigenvalue weighted by atomic mass is 10.1. The molecule has 5 nitrogen and oxygen atoms in total. The van der Waals surface area contributed by atoms with E-state index in [-0.39, 0.29) is 18.2 Å². The van der Waals surface area contributed by atoms with Crippen LogP contribution in [-0.4, -0.2) is 34.4 Å². The fourth-order valence-corrected chi connectivity index (χ4v) is 4.25. The molecule has 7 heteroatoms. The second kappa shape index (κ2) is 11.3. The van der Waals surface area contributed by atoms with Gasteiger partial charge in [0.25, 0.3) is 5.91 Å². The number of nitrogens with one attached hydrogen (secondary N) is 1. The fraction of sp³-hybridized carbons (Fsp3) is 0.375. The van der Waals surface area contributed by atoms with Crippen LogP contribution in [-0.2, 0) is 9.59 Å². The largest absolute Gasteiger partial charge is 0.336 e. The van der Waals surface area contributed by atoms with Crippen LogP contribution in [0.4, 0.5) is 11.4 Å². The Kier molecular flexibility index (Phi) is 8.43. The van der Waals surface area contributed by atoms with Gasteiger partial charge in [0.1, 0.15) is 6.04 Å². The van der Waals surface area contributed by atoms with Crippen molar-refractivity contribution in [2.75, 3.05) is 16.8 Å². The van der Waals surface area contributed by atoms with Crippen LogP contribution in [0.15, 0.2) is 54.6 Å². The molecule has 0 bridgehead atoms. The summed E-state index contributed by atoms with van der Waals surface area (Å²) in [7, 11) is 0. The minimum absolute atomic E-state index is 0.0485. The van der Waals surface area contributed by atoms with Crippen molar-refractivity contribution in [2.45, 2.75) is 51.5 Å². The molecule has 1 saturated heterocycles. The quantitative estimate of drug-likeness (QED) is 0.370. The summed E-state index contributed by atoms with van der Waals surface area (Å²) in [5, 5.41) is 3.91. The highest BCUT2D eigenvalue weighted by Gasteiger charge is 2.43. The molecule has 1 fully saturated rings. The number of benzene rings is 2. The molecule has 1 N–H and O–H groups in total. The molecule has 164 valence electrons.